The molecule has 18 heavy (non-hydrogen) atoms. The molecule has 102 valence electrons. The third-order valence-electron chi connectivity index (χ3n) is 3.11. The van der Waals surface area contributed by atoms with Crippen LogP contribution in [0.3, 0.4) is 0 Å². The van der Waals surface area contributed by atoms with E-state index in [1.165, 1.54) is 12.0 Å². The van der Waals surface area contributed by atoms with E-state index < -0.39 is 0 Å². The summed E-state index contributed by atoms with van der Waals surface area (Å²) < 4.78 is 5.39. The number of benzene rings is 1. The lowest BCUT2D eigenvalue weighted by Gasteiger charge is -2.22. The van der Waals surface area contributed by atoms with Crippen LogP contribution in [-0.2, 0) is 6.42 Å². The second-order valence-electron chi connectivity index (χ2n) is 5.61. The van der Waals surface area contributed by atoms with Gasteiger partial charge in [0.2, 0.25) is 0 Å². The average molecular weight is 249 g/mol. The zero-order chi connectivity index (χ0) is 13.5. The first-order chi connectivity index (χ1) is 8.52. The van der Waals surface area contributed by atoms with Crippen molar-refractivity contribution in [3.8, 4) is 5.75 Å². The van der Waals surface area contributed by atoms with Gasteiger partial charge in [-0.15, -0.1) is 0 Å². The molecule has 0 fully saturated rings. The van der Waals surface area contributed by atoms with E-state index in [0.717, 1.165) is 18.1 Å². The molecule has 0 aliphatic carbocycles. The van der Waals surface area contributed by atoms with Gasteiger partial charge in [0, 0.05) is 12.1 Å². The van der Waals surface area contributed by atoms with Gasteiger partial charge in [-0.25, -0.2) is 0 Å². The largest absolute Gasteiger partial charge is 0.496 e. The van der Waals surface area contributed by atoms with E-state index in [1.54, 1.807) is 7.11 Å². The minimum absolute atomic E-state index is 0.468. The van der Waals surface area contributed by atoms with Crippen LogP contribution in [0.25, 0.3) is 0 Å². The fourth-order valence-corrected chi connectivity index (χ4v) is 2.52. The van der Waals surface area contributed by atoms with Crippen molar-refractivity contribution >= 4 is 0 Å². The molecule has 0 heterocycles. The lowest BCUT2D eigenvalue weighted by Crippen LogP contribution is -2.36. The summed E-state index contributed by atoms with van der Waals surface area (Å²) in [6, 6.07) is 9.29. The van der Waals surface area contributed by atoms with Crippen LogP contribution in [0.2, 0.25) is 0 Å². The molecule has 2 atom stereocenters. The van der Waals surface area contributed by atoms with Crippen molar-refractivity contribution in [2.75, 3.05) is 7.11 Å². The zero-order valence-electron chi connectivity index (χ0n) is 12.4. The highest BCUT2D eigenvalue weighted by Crippen LogP contribution is 2.19. The summed E-state index contributed by atoms with van der Waals surface area (Å²) in [4.78, 5) is 0. The zero-order valence-corrected chi connectivity index (χ0v) is 12.4. The molecule has 1 aromatic carbocycles. The third-order valence-corrected chi connectivity index (χ3v) is 3.11. The second-order valence-corrected chi connectivity index (χ2v) is 5.61. The Hall–Kier alpha value is -1.02. The van der Waals surface area contributed by atoms with E-state index in [-0.39, 0.29) is 0 Å². The molecule has 0 aliphatic rings. The summed E-state index contributed by atoms with van der Waals surface area (Å²) >= 11 is 0. The minimum atomic E-state index is 0.468. The molecule has 1 aromatic rings. The van der Waals surface area contributed by atoms with E-state index in [0.29, 0.717) is 12.1 Å². The molecule has 0 amide bonds. The monoisotopic (exact) mass is 249 g/mol. The van der Waals surface area contributed by atoms with Crippen LogP contribution < -0.4 is 10.1 Å². The highest BCUT2D eigenvalue weighted by Gasteiger charge is 2.11. The Morgan fingerprint density at radius 2 is 1.72 bits per heavy atom. The summed E-state index contributed by atoms with van der Waals surface area (Å²) in [6.07, 6.45) is 2.22. The summed E-state index contributed by atoms with van der Waals surface area (Å²) in [6.45, 7) is 9.04. The Labute approximate surface area is 112 Å². The molecule has 2 nitrogen and oxygen atoms in total. The number of methoxy groups -OCH3 is 1. The quantitative estimate of drug-likeness (QED) is 0.796. The molecule has 0 aliphatic heterocycles. The predicted molar refractivity (Wildman–Crippen MR) is 78.2 cm³/mol. The summed E-state index contributed by atoms with van der Waals surface area (Å²) in [5, 5.41) is 3.66. The molecule has 1 rings (SSSR count). The van der Waals surface area contributed by atoms with E-state index >= 15 is 0 Å². The smallest absolute Gasteiger partial charge is 0.122 e. The van der Waals surface area contributed by atoms with Gasteiger partial charge in [-0.05, 0) is 44.2 Å². The Bertz CT molecular complexity index is 349. The van der Waals surface area contributed by atoms with Crippen molar-refractivity contribution in [2.24, 2.45) is 5.92 Å². The topological polar surface area (TPSA) is 21.3 Å². The lowest BCUT2D eigenvalue weighted by molar-refractivity contribution is 0.387. The van der Waals surface area contributed by atoms with Gasteiger partial charge in [0.15, 0.2) is 0 Å². The maximum atomic E-state index is 5.39. The fourth-order valence-electron chi connectivity index (χ4n) is 2.52. The van der Waals surface area contributed by atoms with Gasteiger partial charge in [-0.2, -0.15) is 0 Å². The molecular formula is C16H27NO. The number of para-hydroxylation sites is 1. The van der Waals surface area contributed by atoms with Gasteiger partial charge in [-0.1, -0.05) is 32.0 Å². The first-order valence-corrected chi connectivity index (χ1v) is 6.90. The predicted octanol–water partition coefficient (Wildman–Crippen LogP) is 3.65. The normalized spacial score (nSPS) is 14.6. The van der Waals surface area contributed by atoms with Crippen molar-refractivity contribution < 1.29 is 4.74 Å². The van der Waals surface area contributed by atoms with Crippen LogP contribution in [0.5, 0.6) is 5.75 Å². The third kappa shape index (κ3) is 5.09. The summed E-state index contributed by atoms with van der Waals surface area (Å²) in [5.41, 5.74) is 1.27. The van der Waals surface area contributed by atoms with Gasteiger partial charge >= 0.3 is 0 Å². The average Bonchev–Trinajstić information content (AvgIpc) is 2.28. The Kier molecular flexibility index (Phi) is 6.20. The fraction of sp³-hybridized carbons (Fsp3) is 0.625. The van der Waals surface area contributed by atoms with Crippen molar-refractivity contribution in [3.05, 3.63) is 29.8 Å². The van der Waals surface area contributed by atoms with E-state index in [9.17, 15) is 0 Å². The molecule has 1 N–H and O–H groups in total. The number of ether oxygens (including phenoxy) is 1. The second kappa shape index (κ2) is 7.42. The molecule has 0 spiro atoms. The van der Waals surface area contributed by atoms with Crippen LogP contribution in [0.15, 0.2) is 24.3 Å². The molecule has 0 bridgehead atoms. The molecule has 0 saturated heterocycles. The first kappa shape index (κ1) is 15.0. The van der Waals surface area contributed by atoms with Crippen LogP contribution >= 0.6 is 0 Å². The van der Waals surface area contributed by atoms with Crippen molar-refractivity contribution in [2.45, 2.75) is 52.6 Å². The SMILES string of the molecule is COc1ccccc1CC(C)NC(C)CC(C)C. The molecule has 0 radical (unpaired) electrons. The van der Waals surface area contributed by atoms with Gasteiger partial charge in [0.05, 0.1) is 7.11 Å². The van der Waals surface area contributed by atoms with E-state index in [2.05, 4.69) is 45.1 Å². The highest BCUT2D eigenvalue weighted by molar-refractivity contribution is 5.33. The number of nitrogens with one attached hydrogen (secondary N) is 1. The van der Waals surface area contributed by atoms with Crippen molar-refractivity contribution in [3.63, 3.8) is 0 Å². The maximum Gasteiger partial charge on any atom is 0.122 e. The maximum absolute atomic E-state index is 5.39. The first-order valence-electron chi connectivity index (χ1n) is 6.90. The number of rotatable bonds is 7. The van der Waals surface area contributed by atoms with Crippen LogP contribution in [0.4, 0.5) is 0 Å². The summed E-state index contributed by atoms with van der Waals surface area (Å²) in [7, 11) is 1.73. The number of hydrogen-bond donors (Lipinski definition) is 1. The van der Waals surface area contributed by atoms with Crippen molar-refractivity contribution in [1.82, 2.24) is 5.32 Å². The summed E-state index contributed by atoms with van der Waals surface area (Å²) in [5.74, 6) is 1.73. The van der Waals surface area contributed by atoms with Crippen LogP contribution in [0.1, 0.15) is 39.7 Å². The molecule has 0 saturated carbocycles. The standard InChI is InChI=1S/C16H27NO/c1-12(2)10-13(3)17-14(4)11-15-8-6-7-9-16(15)18-5/h6-9,12-14,17H,10-11H2,1-5H3. The Balaban J connectivity index is 2.51. The van der Waals surface area contributed by atoms with Gasteiger partial charge in [0.1, 0.15) is 5.75 Å². The van der Waals surface area contributed by atoms with Gasteiger partial charge in [-0.3, -0.25) is 0 Å². The highest BCUT2D eigenvalue weighted by atomic mass is 16.5. The van der Waals surface area contributed by atoms with Crippen LogP contribution in [0, 0.1) is 5.92 Å². The van der Waals surface area contributed by atoms with E-state index in [1.807, 2.05) is 12.1 Å². The molecule has 0 aromatic heterocycles. The number of hydrogen-bond acceptors (Lipinski definition) is 2. The molecule has 2 unspecified atom stereocenters. The van der Waals surface area contributed by atoms with Crippen molar-refractivity contribution in [1.29, 1.82) is 0 Å². The Morgan fingerprint density at radius 3 is 2.33 bits per heavy atom. The lowest BCUT2D eigenvalue weighted by atomic mass is 10.0. The molecule has 2 heteroatoms. The van der Waals surface area contributed by atoms with Gasteiger partial charge in [0.25, 0.3) is 0 Å². The molecular weight excluding hydrogens is 222 g/mol. The van der Waals surface area contributed by atoms with E-state index in [4.69, 9.17) is 4.74 Å². The van der Waals surface area contributed by atoms with Gasteiger partial charge < -0.3 is 10.1 Å². The Morgan fingerprint density at radius 1 is 1.06 bits per heavy atom. The minimum Gasteiger partial charge on any atom is -0.496 e. The van der Waals surface area contributed by atoms with Crippen LogP contribution in [-0.4, -0.2) is 19.2 Å².